The minimum atomic E-state index is 0.227. The van der Waals surface area contributed by atoms with E-state index in [1.807, 2.05) is 0 Å². The third-order valence-corrected chi connectivity index (χ3v) is 4.70. The Morgan fingerprint density at radius 1 is 1.21 bits per heavy atom. The molecule has 2 fully saturated rings. The minimum Gasteiger partial charge on any atom is -0.370 e. The van der Waals surface area contributed by atoms with Crippen molar-refractivity contribution in [1.82, 2.24) is 9.80 Å². The summed E-state index contributed by atoms with van der Waals surface area (Å²) in [5.74, 6) is 0. The standard InChI is InChI=1S/C16H24N2O/c1-13(2)18-10-16(11-18)12-19-15(9-17(16)3)14-7-5-4-6-8-14/h4-8,13,15H,9-12H2,1-3H3. The Kier molecular flexibility index (Phi) is 3.37. The molecule has 0 bridgehead atoms. The molecule has 0 amide bonds. The van der Waals surface area contributed by atoms with E-state index in [-0.39, 0.29) is 11.6 Å². The molecule has 1 aromatic rings. The average molecular weight is 260 g/mol. The van der Waals surface area contributed by atoms with E-state index >= 15 is 0 Å². The van der Waals surface area contributed by atoms with Crippen LogP contribution in [0.3, 0.4) is 0 Å². The van der Waals surface area contributed by atoms with Crippen molar-refractivity contribution in [2.24, 2.45) is 0 Å². The molecule has 2 heterocycles. The second-order valence-corrected chi connectivity index (χ2v) is 6.31. The van der Waals surface area contributed by atoms with Gasteiger partial charge in [-0.2, -0.15) is 0 Å². The lowest BCUT2D eigenvalue weighted by molar-refractivity contribution is -0.167. The van der Waals surface area contributed by atoms with Gasteiger partial charge < -0.3 is 4.74 Å². The lowest BCUT2D eigenvalue weighted by Crippen LogP contribution is -2.74. The summed E-state index contributed by atoms with van der Waals surface area (Å²) < 4.78 is 6.15. The van der Waals surface area contributed by atoms with Crippen LogP contribution < -0.4 is 0 Å². The maximum absolute atomic E-state index is 6.15. The first-order chi connectivity index (χ1) is 9.11. The molecule has 2 aliphatic heterocycles. The summed E-state index contributed by atoms with van der Waals surface area (Å²) in [6, 6.07) is 11.2. The number of benzene rings is 1. The third-order valence-electron chi connectivity index (χ3n) is 4.70. The van der Waals surface area contributed by atoms with Gasteiger partial charge in [-0.3, -0.25) is 9.80 Å². The predicted molar refractivity (Wildman–Crippen MR) is 77.2 cm³/mol. The second-order valence-electron chi connectivity index (χ2n) is 6.31. The van der Waals surface area contributed by atoms with Crippen molar-refractivity contribution >= 4 is 0 Å². The SMILES string of the molecule is CC(C)N1CC2(COC(c3ccccc3)CN2C)C1. The maximum Gasteiger partial charge on any atom is 0.0952 e. The van der Waals surface area contributed by atoms with E-state index in [1.54, 1.807) is 0 Å². The van der Waals surface area contributed by atoms with Gasteiger partial charge in [0, 0.05) is 25.7 Å². The molecule has 3 heteroatoms. The van der Waals surface area contributed by atoms with Gasteiger partial charge in [-0.15, -0.1) is 0 Å². The highest BCUT2D eigenvalue weighted by molar-refractivity contribution is 5.19. The molecule has 104 valence electrons. The van der Waals surface area contributed by atoms with Gasteiger partial charge in [0.15, 0.2) is 0 Å². The Labute approximate surface area is 116 Å². The molecule has 0 aliphatic carbocycles. The fraction of sp³-hybridized carbons (Fsp3) is 0.625. The van der Waals surface area contributed by atoms with Crippen LogP contribution in [0.5, 0.6) is 0 Å². The number of nitrogens with zero attached hydrogens (tertiary/aromatic N) is 2. The first-order valence-corrected chi connectivity index (χ1v) is 7.23. The summed E-state index contributed by atoms with van der Waals surface area (Å²) in [5, 5.41) is 0. The highest BCUT2D eigenvalue weighted by Gasteiger charge is 2.50. The van der Waals surface area contributed by atoms with Crippen LogP contribution in [-0.2, 0) is 4.74 Å². The van der Waals surface area contributed by atoms with Gasteiger partial charge in [0.1, 0.15) is 0 Å². The Morgan fingerprint density at radius 3 is 2.47 bits per heavy atom. The van der Waals surface area contributed by atoms with Gasteiger partial charge in [0.25, 0.3) is 0 Å². The number of rotatable bonds is 2. The summed E-state index contributed by atoms with van der Waals surface area (Å²) >= 11 is 0. The monoisotopic (exact) mass is 260 g/mol. The molecule has 2 saturated heterocycles. The van der Waals surface area contributed by atoms with Crippen LogP contribution in [0, 0.1) is 0 Å². The van der Waals surface area contributed by atoms with Gasteiger partial charge in [-0.05, 0) is 26.5 Å². The van der Waals surface area contributed by atoms with E-state index in [0.717, 1.165) is 26.2 Å². The predicted octanol–water partition coefficient (Wildman–Crippen LogP) is 2.15. The van der Waals surface area contributed by atoms with Gasteiger partial charge in [0.05, 0.1) is 18.2 Å². The van der Waals surface area contributed by atoms with Crippen molar-refractivity contribution in [2.45, 2.75) is 31.5 Å². The molecule has 1 atom stereocenters. The topological polar surface area (TPSA) is 15.7 Å². The Hall–Kier alpha value is -0.900. The Balaban J connectivity index is 1.64. The van der Waals surface area contributed by atoms with Gasteiger partial charge in [-0.25, -0.2) is 0 Å². The van der Waals surface area contributed by atoms with Crippen LogP contribution in [0.2, 0.25) is 0 Å². The molecule has 2 aliphatic rings. The molecule has 0 saturated carbocycles. The minimum absolute atomic E-state index is 0.227. The van der Waals surface area contributed by atoms with Gasteiger partial charge >= 0.3 is 0 Å². The molecule has 1 unspecified atom stereocenters. The first-order valence-electron chi connectivity index (χ1n) is 7.23. The van der Waals surface area contributed by atoms with Crippen molar-refractivity contribution < 1.29 is 4.74 Å². The van der Waals surface area contributed by atoms with Crippen LogP contribution in [0.4, 0.5) is 0 Å². The van der Waals surface area contributed by atoms with E-state index in [1.165, 1.54) is 5.56 Å². The summed E-state index contributed by atoms with van der Waals surface area (Å²) in [4.78, 5) is 5.02. The van der Waals surface area contributed by atoms with E-state index < -0.39 is 0 Å². The molecule has 3 rings (SSSR count). The molecule has 1 aromatic carbocycles. The molecule has 1 spiro atoms. The van der Waals surface area contributed by atoms with Crippen molar-refractivity contribution in [3.63, 3.8) is 0 Å². The summed E-state index contributed by atoms with van der Waals surface area (Å²) in [6.07, 6.45) is 0.227. The Morgan fingerprint density at radius 2 is 1.89 bits per heavy atom. The maximum atomic E-state index is 6.15. The molecular weight excluding hydrogens is 236 g/mol. The van der Waals surface area contributed by atoms with Crippen LogP contribution in [-0.4, -0.2) is 54.7 Å². The molecule has 0 radical (unpaired) electrons. The highest BCUT2D eigenvalue weighted by Crippen LogP contribution is 2.36. The zero-order chi connectivity index (χ0) is 13.5. The van der Waals surface area contributed by atoms with E-state index in [0.29, 0.717) is 6.04 Å². The van der Waals surface area contributed by atoms with E-state index in [4.69, 9.17) is 4.74 Å². The number of hydrogen-bond donors (Lipinski definition) is 0. The van der Waals surface area contributed by atoms with Gasteiger partial charge in [-0.1, -0.05) is 30.3 Å². The number of morpholine rings is 1. The van der Waals surface area contributed by atoms with Crippen molar-refractivity contribution in [1.29, 1.82) is 0 Å². The lowest BCUT2D eigenvalue weighted by Gasteiger charge is -2.59. The van der Waals surface area contributed by atoms with Crippen LogP contribution in [0.1, 0.15) is 25.5 Å². The molecule has 0 N–H and O–H groups in total. The van der Waals surface area contributed by atoms with Crippen molar-refractivity contribution in [3.8, 4) is 0 Å². The Bertz CT molecular complexity index is 426. The lowest BCUT2D eigenvalue weighted by atomic mass is 9.85. The van der Waals surface area contributed by atoms with Crippen molar-refractivity contribution in [2.75, 3.05) is 33.3 Å². The number of ether oxygens (including phenoxy) is 1. The van der Waals surface area contributed by atoms with Crippen LogP contribution in [0.25, 0.3) is 0 Å². The van der Waals surface area contributed by atoms with Crippen LogP contribution in [0.15, 0.2) is 30.3 Å². The van der Waals surface area contributed by atoms with Crippen molar-refractivity contribution in [3.05, 3.63) is 35.9 Å². The summed E-state index contributed by atoms with van der Waals surface area (Å²) in [5.41, 5.74) is 1.56. The number of likely N-dealkylation sites (tertiary alicyclic amines) is 1. The fourth-order valence-electron chi connectivity index (χ4n) is 3.14. The molecule has 0 aromatic heterocycles. The largest absolute Gasteiger partial charge is 0.370 e. The number of hydrogen-bond acceptors (Lipinski definition) is 3. The van der Waals surface area contributed by atoms with E-state index in [2.05, 4.69) is 61.0 Å². The quantitative estimate of drug-likeness (QED) is 0.810. The molecule has 3 nitrogen and oxygen atoms in total. The highest BCUT2D eigenvalue weighted by atomic mass is 16.5. The first kappa shape index (κ1) is 13.1. The molecular formula is C16H24N2O. The van der Waals surface area contributed by atoms with Gasteiger partial charge in [0.2, 0.25) is 0 Å². The normalized spacial score (nSPS) is 27.7. The summed E-state index contributed by atoms with van der Waals surface area (Å²) in [7, 11) is 2.25. The second kappa shape index (κ2) is 4.89. The summed E-state index contributed by atoms with van der Waals surface area (Å²) in [6.45, 7) is 8.67. The smallest absolute Gasteiger partial charge is 0.0952 e. The molecule has 19 heavy (non-hydrogen) atoms. The third kappa shape index (κ3) is 2.31. The average Bonchev–Trinajstić information content (AvgIpc) is 2.37. The van der Waals surface area contributed by atoms with Crippen LogP contribution >= 0.6 is 0 Å². The number of likely N-dealkylation sites (N-methyl/N-ethyl adjacent to an activating group) is 1. The zero-order valence-electron chi connectivity index (χ0n) is 12.2. The zero-order valence-corrected chi connectivity index (χ0v) is 12.2. The fourth-order valence-corrected chi connectivity index (χ4v) is 3.14. The van der Waals surface area contributed by atoms with E-state index in [9.17, 15) is 0 Å².